The third kappa shape index (κ3) is 6.72. The number of alkyl halides is 3. The molecule has 3 fully saturated rings. The fourth-order valence-corrected chi connectivity index (χ4v) is 6.00. The normalized spacial score (nSPS) is 21.2. The van der Waals surface area contributed by atoms with Crippen LogP contribution in [0.2, 0.25) is 0 Å². The van der Waals surface area contributed by atoms with E-state index in [1.165, 1.54) is 11.0 Å². The van der Waals surface area contributed by atoms with E-state index < -0.39 is 23.4 Å². The molecule has 0 radical (unpaired) electrons. The van der Waals surface area contributed by atoms with Crippen molar-refractivity contribution in [2.75, 3.05) is 57.3 Å². The number of anilines is 1. The van der Waals surface area contributed by atoms with Gasteiger partial charge in [0.25, 0.3) is 0 Å². The number of carbonyl (C=O) groups is 2. The lowest BCUT2D eigenvalue weighted by Crippen LogP contribution is -2.53. The predicted molar refractivity (Wildman–Crippen MR) is 137 cm³/mol. The fourth-order valence-electron chi connectivity index (χ4n) is 6.00. The lowest BCUT2D eigenvalue weighted by molar-refractivity contribution is -0.156. The maximum Gasteiger partial charge on any atom is 0.416 e. The number of ether oxygens (including phenoxy) is 1. The molecule has 1 aromatic carbocycles. The molecule has 1 N–H and O–H groups in total. The van der Waals surface area contributed by atoms with Gasteiger partial charge >= 0.3 is 18.2 Å². The lowest BCUT2D eigenvalue weighted by Gasteiger charge is -2.45. The molecule has 0 bridgehead atoms. The van der Waals surface area contributed by atoms with Crippen LogP contribution in [0.25, 0.3) is 0 Å². The van der Waals surface area contributed by atoms with Crippen LogP contribution in [-0.2, 0) is 22.3 Å². The highest BCUT2D eigenvalue weighted by Gasteiger charge is 2.44. The van der Waals surface area contributed by atoms with E-state index in [9.17, 15) is 27.9 Å². The molecule has 38 heavy (non-hydrogen) atoms. The van der Waals surface area contributed by atoms with Gasteiger partial charge in [0.05, 0.1) is 12.1 Å². The number of benzene rings is 1. The number of amides is 1. The SMILES string of the molecule is CC(C)(C)OC(=O)CN1CCN(c2cc(C(F)(F)F)ccc2CN2CCCC23CCN(C(=O)O)CC3)CC1. The highest BCUT2D eigenvalue weighted by atomic mass is 19.4. The first kappa shape index (κ1) is 28.5. The smallest absolute Gasteiger partial charge is 0.416 e. The van der Waals surface area contributed by atoms with E-state index in [4.69, 9.17) is 4.74 Å². The number of halogens is 3. The van der Waals surface area contributed by atoms with Crippen molar-refractivity contribution in [3.05, 3.63) is 29.3 Å². The number of piperidine rings is 1. The molecule has 0 aliphatic carbocycles. The zero-order chi connectivity index (χ0) is 27.7. The van der Waals surface area contributed by atoms with Gasteiger partial charge in [0, 0.05) is 57.0 Å². The van der Waals surface area contributed by atoms with Crippen LogP contribution >= 0.6 is 0 Å². The fraction of sp³-hybridized carbons (Fsp3) is 0.704. The van der Waals surface area contributed by atoms with Crippen LogP contribution in [0, 0.1) is 0 Å². The maximum absolute atomic E-state index is 13.7. The molecule has 212 valence electrons. The summed E-state index contributed by atoms with van der Waals surface area (Å²) in [5.74, 6) is -0.306. The molecule has 0 atom stereocenters. The Morgan fingerprint density at radius 3 is 2.21 bits per heavy atom. The van der Waals surface area contributed by atoms with Crippen molar-refractivity contribution in [2.45, 2.75) is 70.3 Å². The van der Waals surface area contributed by atoms with Crippen LogP contribution in [-0.4, -0.2) is 95.4 Å². The zero-order valence-electron chi connectivity index (χ0n) is 22.5. The molecule has 3 heterocycles. The Morgan fingerprint density at radius 1 is 0.974 bits per heavy atom. The molecule has 1 amide bonds. The van der Waals surface area contributed by atoms with Crippen molar-refractivity contribution in [3.63, 3.8) is 0 Å². The topological polar surface area (TPSA) is 76.6 Å². The predicted octanol–water partition coefficient (Wildman–Crippen LogP) is 4.28. The number of carboxylic acid groups (broad SMARTS) is 1. The van der Waals surface area contributed by atoms with Crippen molar-refractivity contribution in [1.29, 1.82) is 0 Å². The number of likely N-dealkylation sites (tertiary alicyclic amines) is 2. The van der Waals surface area contributed by atoms with E-state index >= 15 is 0 Å². The molecule has 3 saturated heterocycles. The number of rotatable bonds is 5. The molecule has 3 aliphatic rings. The standard InChI is InChI=1S/C27H39F3N4O4/c1-25(2,3)38-23(35)19-31-13-15-32(16-14-31)22-17-21(27(28,29)30)6-5-20(22)18-34-10-4-7-26(34)8-11-33(12-9-26)24(36)37/h5-6,17H,4,7-16,18-19H2,1-3H3,(H,36,37). The van der Waals surface area contributed by atoms with E-state index in [1.807, 2.05) is 30.6 Å². The molecule has 3 aliphatic heterocycles. The second kappa shape index (κ2) is 10.9. The number of hydrogen-bond acceptors (Lipinski definition) is 6. The van der Waals surface area contributed by atoms with Gasteiger partial charge < -0.3 is 19.6 Å². The summed E-state index contributed by atoms with van der Waals surface area (Å²) in [5, 5.41) is 9.35. The molecule has 1 spiro atoms. The number of esters is 1. The van der Waals surface area contributed by atoms with Gasteiger partial charge in [-0.05, 0) is 70.7 Å². The van der Waals surface area contributed by atoms with Gasteiger partial charge in [-0.3, -0.25) is 14.6 Å². The maximum atomic E-state index is 13.7. The summed E-state index contributed by atoms with van der Waals surface area (Å²) in [4.78, 5) is 31.4. The summed E-state index contributed by atoms with van der Waals surface area (Å²) < 4.78 is 46.4. The minimum atomic E-state index is -4.44. The Hall–Kier alpha value is -2.53. The summed E-state index contributed by atoms with van der Waals surface area (Å²) in [7, 11) is 0. The Bertz CT molecular complexity index is 1010. The second-order valence-corrected chi connectivity index (χ2v) is 11.7. The molecule has 8 nitrogen and oxygen atoms in total. The van der Waals surface area contributed by atoms with Gasteiger partial charge in [0.2, 0.25) is 0 Å². The van der Waals surface area contributed by atoms with Crippen molar-refractivity contribution in [3.8, 4) is 0 Å². The zero-order valence-corrected chi connectivity index (χ0v) is 22.5. The third-order valence-corrected chi connectivity index (χ3v) is 7.97. The Morgan fingerprint density at radius 2 is 1.63 bits per heavy atom. The van der Waals surface area contributed by atoms with Gasteiger partial charge in [-0.1, -0.05) is 6.07 Å². The third-order valence-electron chi connectivity index (χ3n) is 7.97. The Labute approximate surface area is 222 Å². The Kier molecular flexibility index (Phi) is 8.18. The molecular formula is C27H39F3N4O4. The van der Waals surface area contributed by atoms with Crippen LogP contribution < -0.4 is 4.90 Å². The van der Waals surface area contributed by atoms with E-state index in [0.29, 0.717) is 51.5 Å². The minimum absolute atomic E-state index is 0.113. The summed E-state index contributed by atoms with van der Waals surface area (Å²) in [5.41, 5.74) is 0.0850. The molecule has 0 aromatic heterocycles. The number of nitrogens with zero attached hydrogens (tertiary/aromatic N) is 4. The van der Waals surface area contributed by atoms with Crippen LogP contribution in [0.3, 0.4) is 0 Å². The van der Waals surface area contributed by atoms with Crippen LogP contribution in [0.4, 0.5) is 23.7 Å². The average Bonchev–Trinajstić information content (AvgIpc) is 3.19. The largest absolute Gasteiger partial charge is 0.465 e. The molecular weight excluding hydrogens is 501 g/mol. The summed E-state index contributed by atoms with van der Waals surface area (Å²) in [6, 6.07) is 4.02. The van der Waals surface area contributed by atoms with Gasteiger partial charge in [-0.25, -0.2) is 4.79 Å². The molecule has 0 saturated carbocycles. The molecule has 1 aromatic rings. The van der Waals surface area contributed by atoms with Crippen molar-refractivity contribution < 1.29 is 32.6 Å². The minimum Gasteiger partial charge on any atom is -0.465 e. The summed E-state index contributed by atoms with van der Waals surface area (Å²) in [6.07, 6.45) is -1.91. The first-order valence-corrected chi connectivity index (χ1v) is 13.4. The van der Waals surface area contributed by atoms with Crippen LogP contribution in [0.1, 0.15) is 57.6 Å². The summed E-state index contributed by atoms with van der Waals surface area (Å²) in [6.45, 7) is 10.1. The number of hydrogen-bond donors (Lipinski definition) is 1. The van der Waals surface area contributed by atoms with Crippen LogP contribution in [0.15, 0.2) is 18.2 Å². The summed E-state index contributed by atoms with van der Waals surface area (Å²) >= 11 is 0. The first-order valence-electron chi connectivity index (χ1n) is 13.4. The lowest BCUT2D eigenvalue weighted by atomic mass is 9.84. The molecule has 4 rings (SSSR count). The van der Waals surface area contributed by atoms with E-state index in [0.717, 1.165) is 43.9 Å². The van der Waals surface area contributed by atoms with Crippen molar-refractivity contribution in [2.24, 2.45) is 0 Å². The first-order chi connectivity index (χ1) is 17.8. The van der Waals surface area contributed by atoms with Gasteiger partial charge in [0.15, 0.2) is 0 Å². The monoisotopic (exact) mass is 540 g/mol. The molecule has 0 unspecified atom stereocenters. The number of carbonyl (C=O) groups excluding carboxylic acids is 1. The van der Waals surface area contributed by atoms with Crippen LogP contribution in [0.5, 0.6) is 0 Å². The van der Waals surface area contributed by atoms with E-state index in [-0.39, 0.29) is 18.1 Å². The number of piperazine rings is 1. The quantitative estimate of drug-likeness (QED) is 0.559. The van der Waals surface area contributed by atoms with Crippen molar-refractivity contribution in [1.82, 2.24) is 14.7 Å². The van der Waals surface area contributed by atoms with Crippen molar-refractivity contribution >= 4 is 17.7 Å². The van der Waals surface area contributed by atoms with E-state index in [2.05, 4.69) is 4.90 Å². The highest BCUT2D eigenvalue weighted by Crippen LogP contribution is 2.41. The van der Waals surface area contributed by atoms with Gasteiger partial charge in [-0.15, -0.1) is 0 Å². The van der Waals surface area contributed by atoms with E-state index in [1.54, 1.807) is 6.07 Å². The highest BCUT2D eigenvalue weighted by molar-refractivity contribution is 5.72. The Balaban J connectivity index is 1.48. The second-order valence-electron chi connectivity index (χ2n) is 11.7. The van der Waals surface area contributed by atoms with Gasteiger partial charge in [0.1, 0.15) is 5.60 Å². The average molecular weight is 541 g/mol. The van der Waals surface area contributed by atoms with Gasteiger partial charge in [-0.2, -0.15) is 13.2 Å². The molecule has 11 heteroatoms.